The number of nitrogens with zero attached hydrogens (tertiary/aromatic N) is 4. The molecule has 0 aliphatic carbocycles. The van der Waals surface area contributed by atoms with Gasteiger partial charge >= 0.3 is 0 Å². The molecule has 158 valence electrons. The molecule has 1 atom stereocenters. The van der Waals surface area contributed by atoms with Crippen LogP contribution in [-0.2, 0) is 9.47 Å². The number of morpholine rings is 2. The minimum absolute atomic E-state index is 0. The first-order valence-corrected chi connectivity index (χ1v) is 10.3. The highest BCUT2D eigenvalue weighted by Gasteiger charge is 2.30. The SMILES string of the molecule is CCNC(=NCCN1CCOC(C)(C)C1)N1CCC(N2CCOCC2)C1.I. The summed E-state index contributed by atoms with van der Waals surface area (Å²) in [4.78, 5) is 12.4. The number of nitrogens with one attached hydrogen (secondary N) is 1. The number of likely N-dealkylation sites (tertiary alicyclic amines) is 1. The summed E-state index contributed by atoms with van der Waals surface area (Å²) in [5.74, 6) is 1.08. The number of hydrogen-bond acceptors (Lipinski definition) is 5. The van der Waals surface area contributed by atoms with Gasteiger partial charge in [-0.25, -0.2) is 0 Å². The lowest BCUT2D eigenvalue weighted by Gasteiger charge is -2.38. The molecule has 1 N–H and O–H groups in total. The van der Waals surface area contributed by atoms with Crippen molar-refractivity contribution in [3.63, 3.8) is 0 Å². The minimum Gasteiger partial charge on any atom is -0.379 e. The van der Waals surface area contributed by atoms with Crippen molar-refractivity contribution in [3.05, 3.63) is 0 Å². The summed E-state index contributed by atoms with van der Waals surface area (Å²) in [6, 6.07) is 0.641. The van der Waals surface area contributed by atoms with Gasteiger partial charge in [0.05, 0.1) is 32.0 Å². The van der Waals surface area contributed by atoms with Crippen LogP contribution in [0.3, 0.4) is 0 Å². The lowest BCUT2D eigenvalue weighted by atomic mass is 10.1. The third-order valence-electron chi connectivity index (χ3n) is 5.54. The molecule has 8 heteroatoms. The van der Waals surface area contributed by atoms with E-state index in [9.17, 15) is 0 Å². The molecule has 0 amide bonds. The average molecular weight is 495 g/mol. The van der Waals surface area contributed by atoms with Gasteiger partial charge in [0.25, 0.3) is 0 Å². The number of ether oxygens (including phenoxy) is 2. The molecule has 7 nitrogen and oxygen atoms in total. The highest BCUT2D eigenvalue weighted by molar-refractivity contribution is 14.0. The normalized spacial score (nSPS) is 27.4. The Morgan fingerprint density at radius 2 is 1.93 bits per heavy atom. The Labute approximate surface area is 181 Å². The first-order chi connectivity index (χ1) is 12.6. The first kappa shape index (κ1) is 23.1. The second-order valence-corrected chi connectivity index (χ2v) is 8.16. The van der Waals surface area contributed by atoms with Crippen molar-refractivity contribution in [1.29, 1.82) is 0 Å². The van der Waals surface area contributed by atoms with Gasteiger partial charge in [-0.2, -0.15) is 0 Å². The quantitative estimate of drug-likeness (QED) is 0.350. The fourth-order valence-corrected chi connectivity index (χ4v) is 4.20. The van der Waals surface area contributed by atoms with Crippen molar-refractivity contribution in [2.75, 3.05) is 78.7 Å². The van der Waals surface area contributed by atoms with Crippen LogP contribution < -0.4 is 5.32 Å². The Kier molecular flexibility index (Phi) is 9.54. The van der Waals surface area contributed by atoms with Gasteiger partial charge in [0.15, 0.2) is 5.96 Å². The van der Waals surface area contributed by atoms with E-state index < -0.39 is 0 Å². The third kappa shape index (κ3) is 6.99. The maximum absolute atomic E-state index is 5.80. The van der Waals surface area contributed by atoms with E-state index in [0.29, 0.717) is 6.04 Å². The molecule has 3 aliphatic heterocycles. The molecule has 1 unspecified atom stereocenters. The average Bonchev–Trinajstić information content (AvgIpc) is 3.11. The summed E-state index contributed by atoms with van der Waals surface area (Å²) >= 11 is 0. The standard InChI is InChI=1S/C19H37N5O2.HI/c1-4-20-18(21-6-8-22-9-14-26-19(2,3)16-22)24-7-5-17(15-24)23-10-12-25-13-11-23;/h17H,4-16H2,1-3H3,(H,20,21);1H. The van der Waals surface area contributed by atoms with Crippen LogP contribution >= 0.6 is 24.0 Å². The largest absolute Gasteiger partial charge is 0.379 e. The third-order valence-corrected chi connectivity index (χ3v) is 5.54. The van der Waals surface area contributed by atoms with Crippen LogP contribution in [0.4, 0.5) is 0 Å². The summed E-state index contributed by atoms with van der Waals surface area (Å²) < 4.78 is 11.3. The predicted molar refractivity (Wildman–Crippen MR) is 120 cm³/mol. The zero-order chi connectivity index (χ0) is 18.4. The molecular formula is C19H38IN5O2. The van der Waals surface area contributed by atoms with Crippen LogP contribution in [0.25, 0.3) is 0 Å². The van der Waals surface area contributed by atoms with Crippen LogP contribution in [0, 0.1) is 0 Å². The van der Waals surface area contributed by atoms with Gasteiger partial charge in [0.1, 0.15) is 0 Å². The molecule has 0 radical (unpaired) electrons. The highest BCUT2D eigenvalue weighted by atomic mass is 127. The van der Waals surface area contributed by atoms with Gasteiger partial charge in [-0.1, -0.05) is 0 Å². The van der Waals surface area contributed by atoms with Gasteiger partial charge in [0.2, 0.25) is 0 Å². The Bertz CT molecular complexity index is 471. The van der Waals surface area contributed by atoms with Crippen LogP contribution in [0.5, 0.6) is 0 Å². The smallest absolute Gasteiger partial charge is 0.194 e. The number of hydrogen-bond donors (Lipinski definition) is 1. The zero-order valence-electron chi connectivity index (χ0n) is 17.3. The van der Waals surface area contributed by atoms with E-state index in [-0.39, 0.29) is 29.6 Å². The number of halogens is 1. The monoisotopic (exact) mass is 495 g/mol. The van der Waals surface area contributed by atoms with Gasteiger partial charge in [-0.05, 0) is 27.2 Å². The molecule has 3 rings (SSSR count). The molecule has 0 saturated carbocycles. The van der Waals surface area contributed by atoms with E-state index in [1.54, 1.807) is 0 Å². The van der Waals surface area contributed by atoms with Crippen LogP contribution in [0.15, 0.2) is 4.99 Å². The van der Waals surface area contributed by atoms with E-state index in [1.165, 1.54) is 6.42 Å². The Morgan fingerprint density at radius 3 is 2.63 bits per heavy atom. The molecule has 3 fully saturated rings. The molecule has 0 bridgehead atoms. The van der Waals surface area contributed by atoms with E-state index in [1.807, 2.05) is 0 Å². The van der Waals surface area contributed by atoms with Gasteiger partial charge in [0, 0.05) is 58.4 Å². The maximum Gasteiger partial charge on any atom is 0.194 e. The Morgan fingerprint density at radius 1 is 1.15 bits per heavy atom. The van der Waals surface area contributed by atoms with Crippen molar-refractivity contribution in [2.24, 2.45) is 4.99 Å². The van der Waals surface area contributed by atoms with Gasteiger partial charge in [-0.15, -0.1) is 24.0 Å². The summed E-state index contributed by atoms with van der Waals surface area (Å²) in [5.41, 5.74) is -0.0349. The molecule has 0 spiro atoms. The van der Waals surface area contributed by atoms with Crippen molar-refractivity contribution < 1.29 is 9.47 Å². The molecule has 0 aromatic carbocycles. The molecule has 3 heterocycles. The molecule has 27 heavy (non-hydrogen) atoms. The second-order valence-electron chi connectivity index (χ2n) is 8.16. The van der Waals surface area contributed by atoms with Gasteiger partial charge < -0.3 is 19.7 Å². The Balaban J connectivity index is 0.00000261. The van der Waals surface area contributed by atoms with Gasteiger partial charge in [-0.3, -0.25) is 14.8 Å². The predicted octanol–water partition coefficient (Wildman–Crippen LogP) is 1.09. The van der Waals surface area contributed by atoms with Crippen molar-refractivity contribution in [3.8, 4) is 0 Å². The van der Waals surface area contributed by atoms with E-state index in [2.05, 4.69) is 40.8 Å². The number of rotatable bonds is 5. The topological polar surface area (TPSA) is 52.6 Å². The molecule has 3 aliphatic rings. The van der Waals surface area contributed by atoms with E-state index >= 15 is 0 Å². The lowest BCUT2D eigenvalue weighted by Crippen LogP contribution is -2.49. The number of aliphatic imine (C=N–C) groups is 1. The van der Waals surface area contributed by atoms with Crippen LogP contribution in [-0.4, -0.2) is 111 Å². The molecule has 3 saturated heterocycles. The second kappa shape index (κ2) is 11.1. The van der Waals surface area contributed by atoms with Crippen molar-refractivity contribution >= 4 is 29.9 Å². The fraction of sp³-hybridized carbons (Fsp3) is 0.947. The fourth-order valence-electron chi connectivity index (χ4n) is 4.20. The molecular weight excluding hydrogens is 457 g/mol. The van der Waals surface area contributed by atoms with Crippen molar-refractivity contribution in [1.82, 2.24) is 20.0 Å². The Hall–Kier alpha value is -0.160. The van der Waals surface area contributed by atoms with Crippen LogP contribution in [0.2, 0.25) is 0 Å². The van der Waals surface area contributed by atoms with E-state index in [0.717, 1.165) is 84.7 Å². The summed E-state index contributed by atoms with van der Waals surface area (Å²) in [5, 5.41) is 3.49. The lowest BCUT2D eigenvalue weighted by molar-refractivity contribution is -0.0850. The van der Waals surface area contributed by atoms with Crippen LogP contribution in [0.1, 0.15) is 27.2 Å². The maximum atomic E-state index is 5.80. The van der Waals surface area contributed by atoms with E-state index in [4.69, 9.17) is 14.5 Å². The summed E-state index contributed by atoms with van der Waals surface area (Å²) in [7, 11) is 0. The number of guanidine groups is 1. The van der Waals surface area contributed by atoms with Crippen molar-refractivity contribution in [2.45, 2.75) is 38.8 Å². The molecule has 0 aromatic heterocycles. The summed E-state index contributed by atoms with van der Waals surface area (Å²) in [6.07, 6.45) is 1.22. The summed E-state index contributed by atoms with van der Waals surface area (Å²) in [6.45, 7) is 18.1. The first-order valence-electron chi connectivity index (χ1n) is 10.3. The highest BCUT2D eigenvalue weighted by Crippen LogP contribution is 2.18. The molecule has 0 aromatic rings. The minimum atomic E-state index is -0.0349. The zero-order valence-corrected chi connectivity index (χ0v) is 19.6.